The van der Waals surface area contributed by atoms with Gasteiger partial charge in [-0.15, -0.1) is 23.2 Å². The van der Waals surface area contributed by atoms with Gasteiger partial charge in [0.2, 0.25) is 11.8 Å². The number of ether oxygens (including phenoxy) is 1. The highest BCUT2D eigenvalue weighted by molar-refractivity contribution is 6.67. The molecule has 26 heavy (non-hydrogen) atoms. The van der Waals surface area contributed by atoms with Crippen LogP contribution in [0, 0.1) is 11.8 Å². The quantitative estimate of drug-likeness (QED) is 0.462. The minimum absolute atomic E-state index is 0.115. The molecule has 1 aromatic carbocycles. The van der Waals surface area contributed by atoms with Gasteiger partial charge in [0.05, 0.1) is 34.7 Å². The molecule has 1 saturated carbocycles. The van der Waals surface area contributed by atoms with Gasteiger partial charge in [-0.2, -0.15) is 0 Å². The number of anilines is 1. The average Bonchev–Trinajstić information content (AvgIpc) is 2.99. The van der Waals surface area contributed by atoms with E-state index in [9.17, 15) is 9.59 Å². The molecule has 0 radical (unpaired) electrons. The number of methoxy groups -OCH3 is 1. The molecule has 1 heterocycles. The Kier molecular flexibility index (Phi) is 4.08. The molecule has 138 valence electrons. The highest BCUT2D eigenvalue weighted by Crippen LogP contribution is 2.77. The molecule has 4 nitrogen and oxygen atoms in total. The molecule has 1 unspecified atom stereocenters. The number of alkyl halides is 4. The molecule has 1 saturated heterocycles. The van der Waals surface area contributed by atoms with Crippen LogP contribution in [0.25, 0.3) is 0 Å². The summed E-state index contributed by atoms with van der Waals surface area (Å²) in [5.74, 6) is -3.02. The molecule has 0 spiro atoms. The van der Waals surface area contributed by atoms with Crippen LogP contribution in [0.4, 0.5) is 5.69 Å². The predicted molar refractivity (Wildman–Crippen MR) is 103 cm³/mol. The van der Waals surface area contributed by atoms with E-state index in [2.05, 4.69) is 0 Å². The number of imide groups is 1. The minimum Gasteiger partial charge on any atom is -0.497 e. The summed E-state index contributed by atoms with van der Waals surface area (Å²) in [7, 11) is 1.47. The van der Waals surface area contributed by atoms with E-state index in [-0.39, 0.29) is 10.1 Å². The van der Waals surface area contributed by atoms with Gasteiger partial charge in [0.1, 0.15) is 15.5 Å². The van der Waals surface area contributed by atoms with E-state index in [0.717, 1.165) is 4.90 Å². The Bertz CT molecular complexity index is 856. The number of fused-ring (bicyclic) bond motifs is 5. The van der Waals surface area contributed by atoms with E-state index in [4.69, 9.17) is 74.3 Å². The van der Waals surface area contributed by atoms with Crippen LogP contribution < -0.4 is 9.64 Å². The number of allylic oxidation sites excluding steroid dienone is 2. The van der Waals surface area contributed by atoms with Crippen molar-refractivity contribution in [1.82, 2.24) is 0 Å². The van der Waals surface area contributed by atoms with Crippen LogP contribution in [0.5, 0.6) is 5.75 Å². The smallest absolute Gasteiger partial charge is 0.240 e. The third-order valence-corrected chi connectivity index (χ3v) is 9.48. The Labute approximate surface area is 178 Å². The van der Waals surface area contributed by atoms with Gasteiger partial charge in [-0.1, -0.05) is 52.5 Å². The van der Waals surface area contributed by atoms with Gasteiger partial charge < -0.3 is 4.74 Å². The van der Waals surface area contributed by atoms with Gasteiger partial charge in [0.15, 0.2) is 4.33 Å². The summed E-state index contributed by atoms with van der Waals surface area (Å²) in [5, 5.41) is -0.230. The molecule has 2 fully saturated rings. The minimum atomic E-state index is -1.93. The molecule has 1 aromatic rings. The molecule has 10 heteroatoms. The van der Waals surface area contributed by atoms with Crippen molar-refractivity contribution in [3.63, 3.8) is 0 Å². The number of carbonyl (C=O) groups excluding carboxylic acids is 2. The Morgan fingerprint density at radius 1 is 0.962 bits per heavy atom. The zero-order valence-corrected chi connectivity index (χ0v) is 17.4. The first kappa shape index (κ1) is 19.0. The summed E-state index contributed by atoms with van der Waals surface area (Å²) < 4.78 is 3.21. The van der Waals surface area contributed by atoms with Crippen LogP contribution in [-0.2, 0) is 9.59 Å². The lowest BCUT2D eigenvalue weighted by molar-refractivity contribution is -0.123. The second kappa shape index (κ2) is 5.59. The number of rotatable bonds is 2. The number of hydrogen-bond acceptors (Lipinski definition) is 3. The van der Waals surface area contributed by atoms with Crippen LogP contribution in [0.1, 0.15) is 0 Å². The maximum atomic E-state index is 13.2. The van der Waals surface area contributed by atoms with Crippen LogP contribution in [0.3, 0.4) is 0 Å². The summed E-state index contributed by atoms with van der Waals surface area (Å²) in [5.41, 5.74) is 0.315. The Morgan fingerprint density at radius 2 is 1.46 bits per heavy atom. The number of halogens is 6. The number of nitrogens with zero attached hydrogens (tertiary/aromatic N) is 1. The Morgan fingerprint density at radius 3 is 1.92 bits per heavy atom. The van der Waals surface area contributed by atoms with Gasteiger partial charge >= 0.3 is 0 Å². The molecular formula is C16H9Cl6NO3. The summed E-state index contributed by atoms with van der Waals surface area (Å²) in [6.07, 6.45) is 0. The first-order valence-electron chi connectivity index (χ1n) is 7.38. The normalized spacial score (nSPS) is 37.6. The van der Waals surface area contributed by atoms with Crippen molar-refractivity contribution < 1.29 is 14.3 Å². The standard InChI is InChI=1S/C16H9Cl6NO3/c1-26-7-4-2-3-6(5-7)23-12(24)8-9(13(23)25)15(20)11(18)10(17)14(8,19)16(15,21)22/h2-5,8-9H,1H3/t8-,9?,14+,15-/m0/s1. The number of hydrogen-bond donors (Lipinski definition) is 0. The van der Waals surface area contributed by atoms with Gasteiger partial charge in [-0.3, -0.25) is 9.59 Å². The van der Waals surface area contributed by atoms with E-state index < -0.39 is 37.7 Å². The fourth-order valence-corrected chi connectivity index (χ4v) is 6.93. The highest BCUT2D eigenvalue weighted by Gasteiger charge is 2.87. The highest BCUT2D eigenvalue weighted by atomic mass is 35.5. The van der Waals surface area contributed by atoms with Gasteiger partial charge in [-0.05, 0) is 12.1 Å². The number of carbonyl (C=O) groups is 2. The van der Waals surface area contributed by atoms with Gasteiger partial charge in [0, 0.05) is 6.07 Å². The fourth-order valence-electron chi connectivity index (χ4n) is 4.00. The van der Waals surface area contributed by atoms with Crippen LogP contribution in [0.15, 0.2) is 34.3 Å². The molecular weight excluding hydrogens is 467 g/mol. The summed E-state index contributed by atoms with van der Waals surface area (Å²) in [6, 6.07) is 6.47. The van der Waals surface area contributed by atoms with Crippen molar-refractivity contribution >= 4 is 87.1 Å². The van der Waals surface area contributed by atoms with E-state index >= 15 is 0 Å². The van der Waals surface area contributed by atoms with Crippen molar-refractivity contribution in [3.05, 3.63) is 34.3 Å². The maximum Gasteiger partial charge on any atom is 0.240 e. The van der Waals surface area contributed by atoms with Crippen LogP contribution in [-0.4, -0.2) is 33.0 Å². The lowest BCUT2D eigenvalue weighted by Crippen LogP contribution is -2.50. The second-order valence-electron chi connectivity index (χ2n) is 6.29. The van der Waals surface area contributed by atoms with Crippen LogP contribution in [0.2, 0.25) is 0 Å². The van der Waals surface area contributed by atoms with Crippen molar-refractivity contribution in [3.8, 4) is 5.75 Å². The van der Waals surface area contributed by atoms with E-state index in [1.54, 1.807) is 24.3 Å². The lowest BCUT2D eigenvalue weighted by atomic mass is 9.84. The molecule has 0 aromatic heterocycles. The second-order valence-corrected chi connectivity index (χ2v) is 9.57. The lowest BCUT2D eigenvalue weighted by Gasteiger charge is -2.34. The molecule has 1 aliphatic heterocycles. The molecule has 3 aliphatic rings. The average molecular weight is 476 g/mol. The monoisotopic (exact) mass is 473 g/mol. The van der Waals surface area contributed by atoms with E-state index in [1.807, 2.05) is 0 Å². The summed E-state index contributed by atoms with van der Waals surface area (Å²) in [6.45, 7) is 0. The van der Waals surface area contributed by atoms with Gasteiger partial charge in [0.25, 0.3) is 0 Å². The molecule has 0 N–H and O–H groups in total. The zero-order valence-electron chi connectivity index (χ0n) is 12.9. The first-order chi connectivity index (χ1) is 12.0. The predicted octanol–water partition coefficient (Wildman–Crippen LogP) is 4.65. The maximum absolute atomic E-state index is 13.2. The number of benzene rings is 1. The largest absolute Gasteiger partial charge is 0.497 e. The van der Waals surface area contributed by atoms with E-state index in [0.29, 0.717) is 11.4 Å². The van der Waals surface area contributed by atoms with Gasteiger partial charge in [-0.25, -0.2) is 4.90 Å². The topological polar surface area (TPSA) is 46.6 Å². The molecule has 4 atom stereocenters. The number of amides is 2. The molecule has 2 aliphatic carbocycles. The summed E-state index contributed by atoms with van der Waals surface area (Å²) >= 11 is 38.7. The Hall–Kier alpha value is -0.360. The summed E-state index contributed by atoms with van der Waals surface area (Å²) in [4.78, 5) is 23.7. The SMILES string of the molecule is COc1cccc(N2C(=O)C3[C@@H](C2=O)[C@@]2(Cl)C(Cl)=C(Cl)[C@]3(Cl)C2(Cl)Cl)c1. The van der Waals surface area contributed by atoms with E-state index in [1.165, 1.54) is 7.11 Å². The third-order valence-electron chi connectivity index (χ3n) is 5.22. The first-order valence-corrected chi connectivity index (χ1v) is 9.65. The van der Waals surface area contributed by atoms with Crippen molar-refractivity contribution in [2.75, 3.05) is 12.0 Å². The van der Waals surface area contributed by atoms with Crippen LogP contribution >= 0.6 is 69.6 Å². The molecule has 4 rings (SSSR count). The molecule has 2 bridgehead atoms. The van der Waals surface area contributed by atoms with Crippen molar-refractivity contribution in [1.29, 1.82) is 0 Å². The zero-order chi connectivity index (χ0) is 19.2. The van der Waals surface area contributed by atoms with Crippen molar-refractivity contribution in [2.24, 2.45) is 11.8 Å². The fraction of sp³-hybridized carbons (Fsp3) is 0.375. The Balaban J connectivity index is 1.89. The molecule has 2 amide bonds. The van der Waals surface area contributed by atoms with Crippen molar-refractivity contribution in [2.45, 2.75) is 14.1 Å². The third kappa shape index (κ3) is 1.82.